The van der Waals surface area contributed by atoms with E-state index in [4.69, 9.17) is 4.74 Å². The first-order chi connectivity index (χ1) is 15.2. The molecule has 0 amide bonds. The first kappa shape index (κ1) is 21.7. The molecular weight excluding hydrogens is 394 g/mol. The molecular formula is C28H29N3O. The van der Waals surface area contributed by atoms with Gasteiger partial charge in [0.25, 0.3) is 0 Å². The van der Waals surface area contributed by atoms with Gasteiger partial charge in [-0.05, 0) is 42.5 Å². The highest BCUT2D eigenvalue weighted by Crippen LogP contribution is 2.41. The monoisotopic (exact) mass is 423 g/mol. The van der Waals surface area contributed by atoms with Crippen LogP contribution in [0.5, 0.6) is 5.75 Å². The van der Waals surface area contributed by atoms with Crippen molar-refractivity contribution in [2.75, 3.05) is 0 Å². The number of nitrogens with zero attached hydrogens (tertiary/aromatic N) is 2. The smallest absolute Gasteiger partial charge is 0.125 e. The van der Waals surface area contributed by atoms with Gasteiger partial charge in [0, 0.05) is 36.4 Å². The molecule has 32 heavy (non-hydrogen) atoms. The molecule has 5 rings (SSSR count). The Labute approximate surface area is 189 Å². The fourth-order valence-electron chi connectivity index (χ4n) is 4.61. The predicted octanol–water partition coefficient (Wildman–Crippen LogP) is 6.16. The van der Waals surface area contributed by atoms with Crippen LogP contribution in [0.2, 0.25) is 0 Å². The Kier molecular flexibility index (Phi) is 6.33. The summed E-state index contributed by atoms with van der Waals surface area (Å²) in [7, 11) is 0. The predicted molar refractivity (Wildman–Crippen MR) is 129 cm³/mol. The molecule has 0 fully saturated rings. The van der Waals surface area contributed by atoms with Crippen LogP contribution in [0, 0.1) is 6.92 Å². The molecule has 162 valence electrons. The Hall–Kier alpha value is -3.50. The summed E-state index contributed by atoms with van der Waals surface area (Å²) in [4.78, 5) is 8.79. The maximum absolute atomic E-state index is 6.87. The number of aryl methyl sites for hydroxylation is 1. The molecule has 1 aliphatic rings. The third-order valence-electron chi connectivity index (χ3n) is 6.12. The molecule has 0 spiro atoms. The molecule has 4 heteroatoms. The lowest BCUT2D eigenvalue weighted by atomic mass is 9.80. The second kappa shape index (κ2) is 9.33. The first-order valence-electron chi connectivity index (χ1n) is 10.9. The van der Waals surface area contributed by atoms with Crippen molar-refractivity contribution >= 4 is 0 Å². The lowest BCUT2D eigenvalue weighted by Crippen LogP contribution is -2.44. The number of fused-ring (bicyclic) bond motifs is 1. The van der Waals surface area contributed by atoms with Gasteiger partial charge >= 0.3 is 0 Å². The molecule has 0 aliphatic carbocycles. The number of hydrogen-bond donors (Lipinski definition) is 1. The van der Waals surface area contributed by atoms with Gasteiger partial charge < -0.3 is 10.9 Å². The largest absolute Gasteiger partial charge is 0.486 e. The number of hydrogen-bond acceptors (Lipinski definition) is 4. The van der Waals surface area contributed by atoms with Crippen LogP contribution in [0.1, 0.15) is 28.9 Å². The summed E-state index contributed by atoms with van der Waals surface area (Å²) in [6.07, 6.45) is 7.54. The van der Waals surface area contributed by atoms with Gasteiger partial charge in [0.2, 0.25) is 0 Å². The maximum Gasteiger partial charge on any atom is 0.125 e. The van der Waals surface area contributed by atoms with E-state index in [0.717, 1.165) is 42.8 Å². The van der Waals surface area contributed by atoms with E-state index in [-0.39, 0.29) is 11.8 Å². The van der Waals surface area contributed by atoms with Crippen molar-refractivity contribution < 1.29 is 4.74 Å². The molecule has 0 saturated heterocycles. The maximum atomic E-state index is 6.87. The summed E-state index contributed by atoms with van der Waals surface area (Å²) < 4.78 is 6.87. The highest BCUT2D eigenvalue weighted by molar-refractivity contribution is 5.69. The fourth-order valence-corrected chi connectivity index (χ4v) is 4.61. The summed E-state index contributed by atoms with van der Waals surface area (Å²) in [5.41, 5.74) is 5.83. The van der Waals surface area contributed by atoms with E-state index in [1.165, 1.54) is 22.3 Å². The van der Waals surface area contributed by atoms with Crippen molar-refractivity contribution in [2.24, 2.45) is 0 Å². The molecule has 4 aromatic rings. The summed E-state index contributed by atoms with van der Waals surface area (Å²) in [6.45, 7) is 1.91. The fraction of sp³-hybridized carbons (Fsp3) is 0.214. The zero-order chi connectivity index (χ0) is 21.1. The number of rotatable bonds is 5. The van der Waals surface area contributed by atoms with Gasteiger partial charge in [0.05, 0.1) is 0 Å². The van der Waals surface area contributed by atoms with E-state index in [9.17, 15) is 0 Å². The molecule has 0 radical (unpaired) electrons. The van der Waals surface area contributed by atoms with Gasteiger partial charge in [-0.25, -0.2) is 9.97 Å². The minimum Gasteiger partial charge on any atom is -0.486 e. The van der Waals surface area contributed by atoms with Crippen LogP contribution in [0.3, 0.4) is 0 Å². The van der Waals surface area contributed by atoms with Gasteiger partial charge in [-0.1, -0.05) is 72.8 Å². The molecule has 2 heterocycles. The lowest BCUT2D eigenvalue weighted by molar-refractivity contribution is 0.0466. The molecule has 3 N–H and O–H groups in total. The van der Waals surface area contributed by atoms with Crippen LogP contribution in [0.25, 0.3) is 11.1 Å². The van der Waals surface area contributed by atoms with E-state index in [0.29, 0.717) is 0 Å². The number of ether oxygens (including phenoxy) is 1. The minimum atomic E-state index is -0.266. The molecule has 1 aromatic heterocycles. The van der Waals surface area contributed by atoms with Crippen LogP contribution in [-0.4, -0.2) is 15.6 Å². The van der Waals surface area contributed by atoms with Crippen LogP contribution in [0.4, 0.5) is 0 Å². The summed E-state index contributed by atoms with van der Waals surface area (Å²) >= 11 is 0. The topological polar surface area (TPSA) is 70.0 Å². The first-order valence-corrected chi connectivity index (χ1v) is 10.9. The molecule has 0 bridgehead atoms. The molecule has 0 saturated carbocycles. The Balaban J connectivity index is 0.00000245. The van der Waals surface area contributed by atoms with Gasteiger partial charge in [-0.2, -0.15) is 0 Å². The van der Waals surface area contributed by atoms with Crippen LogP contribution >= 0.6 is 0 Å². The second-order valence-corrected chi connectivity index (χ2v) is 8.41. The van der Waals surface area contributed by atoms with E-state index >= 15 is 0 Å². The number of benzene rings is 3. The zero-order valence-electron chi connectivity index (χ0n) is 18.5. The normalized spacial score (nSPS) is 14.0. The quantitative estimate of drug-likeness (QED) is 0.417. The van der Waals surface area contributed by atoms with E-state index < -0.39 is 0 Å². The van der Waals surface area contributed by atoms with Crippen molar-refractivity contribution in [1.29, 1.82) is 0 Å². The SMILES string of the molecule is Cc1ncc(-c2cccc3c2CCC(Cc2ccccc2)(Cc2ccccc2)O3)cn1.N. The summed E-state index contributed by atoms with van der Waals surface area (Å²) in [6, 6.07) is 27.7. The van der Waals surface area contributed by atoms with Gasteiger partial charge in [-0.3, -0.25) is 0 Å². The van der Waals surface area contributed by atoms with Crippen molar-refractivity contribution in [2.45, 2.75) is 38.2 Å². The van der Waals surface area contributed by atoms with Crippen molar-refractivity contribution in [3.05, 3.63) is 114 Å². The van der Waals surface area contributed by atoms with Crippen LogP contribution in [-0.2, 0) is 19.3 Å². The van der Waals surface area contributed by atoms with Crippen molar-refractivity contribution in [1.82, 2.24) is 16.1 Å². The van der Waals surface area contributed by atoms with E-state index in [2.05, 4.69) is 88.8 Å². The molecule has 0 unspecified atom stereocenters. The van der Waals surface area contributed by atoms with Crippen LogP contribution < -0.4 is 10.9 Å². The van der Waals surface area contributed by atoms with Crippen molar-refractivity contribution in [3.8, 4) is 16.9 Å². The van der Waals surface area contributed by atoms with E-state index in [1.54, 1.807) is 0 Å². The summed E-state index contributed by atoms with van der Waals surface area (Å²) in [5, 5.41) is 0. The third-order valence-corrected chi connectivity index (χ3v) is 6.12. The zero-order valence-corrected chi connectivity index (χ0v) is 18.5. The summed E-state index contributed by atoms with van der Waals surface area (Å²) in [5.74, 6) is 1.77. The van der Waals surface area contributed by atoms with Gasteiger partial charge in [-0.15, -0.1) is 0 Å². The second-order valence-electron chi connectivity index (χ2n) is 8.41. The third kappa shape index (κ3) is 4.56. The Morgan fingerprint density at radius 1 is 0.781 bits per heavy atom. The Morgan fingerprint density at radius 2 is 1.38 bits per heavy atom. The molecule has 4 nitrogen and oxygen atoms in total. The molecule has 3 aromatic carbocycles. The van der Waals surface area contributed by atoms with Gasteiger partial charge in [0.1, 0.15) is 17.2 Å². The van der Waals surface area contributed by atoms with E-state index in [1.807, 2.05) is 19.3 Å². The average molecular weight is 424 g/mol. The Morgan fingerprint density at radius 3 is 1.97 bits per heavy atom. The van der Waals surface area contributed by atoms with Gasteiger partial charge in [0.15, 0.2) is 0 Å². The average Bonchev–Trinajstić information content (AvgIpc) is 2.80. The number of aromatic nitrogens is 2. The molecule has 0 atom stereocenters. The highest BCUT2D eigenvalue weighted by Gasteiger charge is 2.37. The van der Waals surface area contributed by atoms with Crippen LogP contribution in [0.15, 0.2) is 91.3 Å². The molecule has 1 aliphatic heterocycles. The minimum absolute atomic E-state index is 0. The standard InChI is InChI=1S/C28H26N2O.H3N/c1-21-29-19-24(20-30-21)25-13-8-14-27-26(25)15-16-28(31-27,17-22-9-4-2-5-10-22)18-23-11-6-3-7-12-23;/h2-14,19-20H,15-18H2,1H3;1H3. The Bertz CT molecular complexity index is 1120. The lowest BCUT2D eigenvalue weighted by Gasteiger charge is -2.40. The van der Waals surface area contributed by atoms with Crippen molar-refractivity contribution in [3.63, 3.8) is 0 Å². The highest BCUT2D eigenvalue weighted by atomic mass is 16.5.